The van der Waals surface area contributed by atoms with E-state index in [9.17, 15) is 13.2 Å². The summed E-state index contributed by atoms with van der Waals surface area (Å²) >= 11 is 6.14. The van der Waals surface area contributed by atoms with Crippen LogP contribution in [0.15, 0.2) is 95.9 Å². The zero-order chi connectivity index (χ0) is 27.4. The van der Waals surface area contributed by atoms with E-state index in [0.717, 1.165) is 24.1 Å². The average Bonchev–Trinajstić information content (AvgIpc) is 2.94. The molecule has 0 aromatic heterocycles. The molecule has 1 N–H and O–H groups in total. The molecule has 39 heavy (non-hydrogen) atoms. The van der Waals surface area contributed by atoms with Crippen LogP contribution in [0.25, 0.3) is 0 Å². The smallest absolute Gasteiger partial charge is 0.264 e. The number of nitrogens with one attached hydrogen (secondary N) is 1. The minimum atomic E-state index is -3.75. The third kappa shape index (κ3) is 6.02. The first-order valence-electron chi connectivity index (χ1n) is 12.5. The minimum Gasteiger partial charge on any atom is -0.483 e. The van der Waals surface area contributed by atoms with Gasteiger partial charge >= 0.3 is 0 Å². The van der Waals surface area contributed by atoms with Crippen molar-refractivity contribution in [3.8, 4) is 17.2 Å². The first-order chi connectivity index (χ1) is 18.8. The first kappa shape index (κ1) is 26.6. The number of sulfonamides is 1. The van der Waals surface area contributed by atoms with Crippen LogP contribution in [-0.2, 0) is 21.2 Å². The van der Waals surface area contributed by atoms with Gasteiger partial charge in [0, 0.05) is 11.6 Å². The van der Waals surface area contributed by atoms with E-state index in [4.69, 9.17) is 21.1 Å². The number of nitrogens with zero attached hydrogens (tertiary/aromatic N) is 1. The van der Waals surface area contributed by atoms with Crippen LogP contribution in [-0.4, -0.2) is 27.5 Å². The highest BCUT2D eigenvalue weighted by atomic mass is 35.5. The van der Waals surface area contributed by atoms with Gasteiger partial charge in [-0.25, -0.2) is 8.42 Å². The molecule has 1 heterocycles. The SMILES string of the molecule is Cc1cc(S(=O)(=O)N2CCCc3ccccc32)ccc1OCC(=O)Nc1cc(Cl)ccc1Oc1ccccc1. The van der Waals surface area contributed by atoms with Crippen molar-refractivity contribution in [2.45, 2.75) is 24.7 Å². The Balaban J connectivity index is 1.27. The molecule has 5 rings (SSSR count). The number of benzene rings is 4. The van der Waals surface area contributed by atoms with Crippen molar-refractivity contribution in [3.05, 3.63) is 107 Å². The number of amides is 1. The van der Waals surface area contributed by atoms with Crippen LogP contribution < -0.4 is 19.1 Å². The molecule has 1 amide bonds. The molecular formula is C30H27ClN2O5S. The molecule has 7 nitrogen and oxygen atoms in total. The van der Waals surface area contributed by atoms with Crippen molar-refractivity contribution in [1.82, 2.24) is 0 Å². The Hall–Kier alpha value is -4.01. The van der Waals surface area contributed by atoms with Crippen LogP contribution in [0.5, 0.6) is 17.2 Å². The van der Waals surface area contributed by atoms with E-state index in [0.29, 0.717) is 40.1 Å². The summed E-state index contributed by atoms with van der Waals surface area (Å²) < 4.78 is 40.0. The van der Waals surface area contributed by atoms with Crippen LogP contribution in [0.1, 0.15) is 17.5 Å². The summed E-state index contributed by atoms with van der Waals surface area (Å²) in [5.41, 5.74) is 2.74. The van der Waals surface area contributed by atoms with Gasteiger partial charge in [0.1, 0.15) is 11.5 Å². The third-order valence-corrected chi connectivity index (χ3v) is 8.39. The molecule has 0 radical (unpaired) electrons. The van der Waals surface area contributed by atoms with E-state index in [1.165, 1.54) is 10.4 Å². The van der Waals surface area contributed by atoms with Crippen LogP contribution in [0.2, 0.25) is 5.02 Å². The number of anilines is 2. The van der Waals surface area contributed by atoms with Crippen LogP contribution in [0.4, 0.5) is 11.4 Å². The fourth-order valence-electron chi connectivity index (χ4n) is 4.45. The average molecular weight is 563 g/mol. The largest absolute Gasteiger partial charge is 0.483 e. The summed E-state index contributed by atoms with van der Waals surface area (Å²) in [5.74, 6) is 1.04. The maximum Gasteiger partial charge on any atom is 0.264 e. The number of ether oxygens (including phenoxy) is 2. The summed E-state index contributed by atoms with van der Waals surface area (Å²) in [6, 6.07) is 26.4. The Labute approximate surface area is 233 Å². The predicted molar refractivity (Wildman–Crippen MR) is 153 cm³/mol. The van der Waals surface area contributed by atoms with Crippen molar-refractivity contribution >= 4 is 38.9 Å². The second kappa shape index (κ2) is 11.4. The molecule has 0 saturated heterocycles. The second-order valence-electron chi connectivity index (χ2n) is 9.13. The van der Waals surface area contributed by atoms with Gasteiger partial charge in [0.2, 0.25) is 0 Å². The molecule has 0 saturated carbocycles. The molecule has 200 valence electrons. The standard InChI is InChI=1S/C30H27ClN2O5S/c1-21-18-25(39(35,36)33-17-7-9-22-8-5-6-12-27(22)33)14-16-28(21)37-20-30(34)32-26-19-23(31)13-15-29(26)38-24-10-3-2-4-11-24/h2-6,8,10-16,18-19H,7,9,17,20H2,1H3,(H,32,34). The van der Waals surface area contributed by atoms with E-state index >= 15 is 0 Å². The highest BCUT2D eigenvalue weighted by Crippen LogP contribution is 2.34. The molecule has 1 aliphatic rings. The number of rotatable bonds is 8. The summed E-state index contributed by atoms with van der Waals surface area (Å²) in [6.07, 6.45) is 1.61. The molecule has 9 heteroatoms. The Morgan fingerprint density at radius 3 is 2.49 bits per heavy atom. The highest BCUT2D eigenvalue weighted by Gasteiger charge is 2.29. The quantitative estimate of drug-likeness (QED) is 0.261. The van der Waals surface area contributed by atoms with Gasteiger partial charge in [0.15, 0.2) is 12.4 Å². The van der Waals surface area contributed by atoms with Gasteiger partial charge in [-0.05, 0) is 85.5 Å². The third-order valence-electron chi connectivity index (χ3n) is 6.35. The number of hydrogen-bond donors (Lipinski definition) is 1. The van der Waals surface area contributed by atoms with Crippen LogP contribution >= 0.6 is 11.6 Å². The van der Waals surface area contributed by atoms with Gasteiger partial charge in [-0.2, -0.15) is 0 Å². The predicted octanol–water partition coefficient (Wildman–Crippen LogP) is 6.60. The van der Waals surface area contributed by atoms with Gasteiger partial charge in [-0.1, -0.05) is 48.0 Å². The van der Waals surface area contributed by atoms with Crippen molar-refractivity contribution in [2.75, 3.05) is 22.8 Å². The molecule has 0 fully saturated rings. The Bertz CT molecular complexity index is 1610. The molecule has 0 atom stereocenters. The van der Waals surface area contributed by atoms with Crippen LogP contribution in [0.3, 0.4) is 0 Å². The number of para-hydroxylation sites is 2. The fourth-order valence-corrected chi connectivity index (χ4v) is 6.25. The lowest BCUT2D eigenvalue weighted by atomic mass is 10.0. The summed E-state index contributed by atoms with van der Waals surface area (Å²) in [4.78, 5) is 12.9. The van der Waals surface area contributed by atoms with E-state index in [1.807, 2.05) is 42.5 Å². The number of carbonyl (C=O) groups excluding carboxylic acids is 1. The zero-order valence-electron chi connectivity index (χ0n) is 21.3. The Kier molecular flexibility index (Phi) is 7.77. The number of halogens is 1. The van der Waals surface area contributed by atoms with Gasteiger partial charge in [0.25, 0.3) is 15.9 Å². The molecule has 1 aliphatic heterocycles. The number of aryl methyl sites for hydroxylation is 2. The summed E-state index contributed by atoms with van der Waals surface area (Å²) in [6.45, 7) is 1.89. The zero-order valence-corrected chi connectivity index (χ0v) is 22.8. The highest BCUT2D eigenvalue weighted by molar-refractivity contribution is 7.92. The number of hydrogen-bond acceptors (Lipinski definition) is 5. The lowest BCUT2D eigenvalue weighted by Gasteiger charge is -2.30. The Morgan fingerprint density at radius 2 is 1.69 bits per heavy atom. The topological polar surface area (TPSA) is 84.9 Å². The van der Waals surface area contributed by atoms with Crippen molar-refractivity contribution in [2.24, 2.45) is 0 Å². The van der Waals surface area contributed by atoms with E-state index < -0.39 is 15.9 Å². The summed E-state index contributed by atoms with van der Waals surface area (Å²) in [5, 5.41) is 3.21. The van der Waals surface area contributed by atoms with Gasteiger partial charge in [-0.3, -0.25) is 9.10 Å². The summed E-state index contributed by atoms with van der Waals surface area (Å²) in [7, 11) is -3.75. The molecule has 0 aliphatic carbocycles. The van der Waals surface area contributed by atoms with Gasteiger partial charge in [0.05, 0.1) is 16.3 Å². The molecule has 0 spiro atoms. The second-order valence-corrected chi connectivity index (χ2v) is 11.4. The molecule has 0 unspecified atom stereocenters. The van der Waals surface area contributed by atoms with Gasteiger partial charge < -0.3 is 14.8 Å². The molecule has 4 aromatic rings. The number of carbonyl (C=O) groups is 1. The Morgan fingerprint density at radius 1 is 0.949 bits per heavy atom. The van der Waals surface area contributed by atoms with Crippen molar-refractivity contribution < 1.29 is 22.7 Å². The molecule has 0 bridgehead atoms. The van der Waals surface area contributed by atoms with Crippen molar-refractivity contribution in [3.63, 3.8) is 0 Å². The minimum absolute atomic E-state index is 0.176. The molecule has 4 aromatic carbocycles. The maximum atomic E-state index is 13.5. The van der Waals surface area contributed by atoms with E-state index in [2.05, 4.69) is 5.32 Å². The van der Waals surface area contributed by atoms with Crippen molar-refractivity contribution in [1.29, 1.82) is 0 Å². The number of fused-ring (bicyclic) bond motifs is 1. The van der Waals surface area contributed by atoms with E-state index in [1.54, 1.807) is 49.4 Å². The lowest BCUT2D eigenvalue weighted by Crippen LogP contribution is -2.35. The van der Waals surface area contributed by atoms with Crippen LogP contribution in [0, 0.1) is 6.92 Å². The first-order valence-corrected chi connectivity index (χ1v) is 14.3. The normalized spacial score (nSPS) is 12.9. The monoisotopic (exact) mass is 562 g/mol. The lowest BCUT2D eigenvalue weighted by molar-refractivity contribution is -0.118. The fraction of sp³-hybridized carbons (Fsp3) is 0.167. The maximum absolute atomic E-state index is 13.5. The van der Waals surface area contributed by atoms with E-state index in [-0.39, 0.29) is 11.5 Å². The molecular weight excluding hydrogens is 536 g/mol. The van der Waals surface area contributed by atoms with Gasteiger partial charge in [-0.15, -0.1) is 0 Å².